The van der Waals surface area contributed by atoms with E-state index in [1.54, 1.807) is 7.05 Å². The molecule has 0 saturated carbocycles. The van der Waals surface area contributed by atoms with Gasteiger partial charge in [-0.15, -0.1) is 0 Å². The Morgan fingerprint density at radius 3 is 2.48 bits per heavy atom. The molecule has 1 aliphatic rings. The summed E-state index contributed by atoms with van der Waals surface area (Å²) in [5.41, 5.74) is 0. The van der Waals surface area contributed by atoms with Gasteiger partial charge in [0.05, 0.1) is 0 Å². The van der Waals surface area contributed by atoms with Crippen LogP contribution < -0.4 is 10.0 Å². The molecule has 0 unspecified atom stereocenters. The Labute approximate surface area is 130 Å². The predicted octanol–water partition coefficient (Wildman–Crippen LogP) is 0.484. The van der Waals surface area contributed by atoms with Gasteiger partial charge in [0.2, 0.25) is 0 Å². The van der Waals surface area contributed by atoms with Gasteiger partial charge in [-0.3, -0.25) is 0 Å². The van der Waals surface area contributed by atoms with Crippen LogP contribution in [-0.4, -0.2) is 70.5 Å². The SMILES string of the molecule is CCNCCCN(C)S(=O)(=O)NCC1CCN(CC)CC1. The number of hydrogen-bond donors (Lipinski definition) is 2. The van der Waals surface area contributed by atoms with Crippen LogP contribution >= 0.6 is 0 Å². The summed E-state index contributed by atoms with van der Waals surface area (Å²) in [4.78, 5) is 2.41. The minimum atomic E-state index is -3.32. The molecule has 21 heavy (non-hydrogen) atoms. The lowest BCUT2D eigenvalue weighted by molar-refractivity contribution is 0.193. The van der Waals surface area contributed by atoms with E-state index in [1.807, 2.05) is 6.92 Å². The average Bonchev–Trinajstić information content (AvgIpc) is 2.50. The van der Waals surface area contributed by atoms with Gasteiger partial charge < -0.3 is 10.2 Å². The van der Waals surface area contributed by atoms with Gasteiger partial charge in [0.15, 0.2) is 0 Å². The third-order valence-electron chi connectivity index (χ3n) is 4.20. The summed E-state index contributed by atoms with van der Waals surface area (Å²) in [6, 6.07) is 0. The van der Waals surface area contributed by atoms with E-state index in [0.717, 1.165) is 52.0 Å². The molecule has 0 radical (unpaired) electrons. The maximum Gasteiger partial charge on any atom is 0.279 e. The minimum Gasteiger partial charge on any atom is -0.317 e. The molecule has 126 valence electrons. The number of likely N-dealkylation sites (tertiary alicyclic amines) is 1. The van der Waals surface area contributed by atoms with Crippen molar-refractivity contribution in [3.05, 3.63) is 0 Å². The summed E-state index contributed by atoms with van der Waals surface area (Å²) in [5.74, 6) is 0.470. The van der Waals surface area contributed by atoms with Crippen molar-refractivity contribution in [3.63, 3.8) is 0 Å². The lowest BCUT2D eigenvalue weighted by atomic mass is 9.97. The molecule has 1 saturated heterocycles. The molecule has 0 bridgehead atoms. The molecule has 0 aliphatic carbocycles. The Morgan fingerprint density at radius 2 is 1.90 bits per heavy atom. The molecule has 0 aromatic rings. The molecule has 1 aliphatic heterocycles. The lowest BCUT2D eigenvalue weighted by Crippen LogP contribution is -2.43. The van der Waals surface area contributed by atoms with E-state index in [4.69, 9.17) is 0 Å². The molecule has 1 fully saturated rings. The normalized spacial score (nSPS) is 18.5. The largest absolute Gasteiger partial charge is 0.317 e. The van der Waals surface area contributed by atoms with Crippen LogP contribution in [0.2, 0.25) is 0 Å². The average molecular weight is 321 g/mol. The zero-order chi connectivity index (χ0) is 15.7. The zero-order valence-corrected chi connectivity index (χ0v) is 14.6. The Bertz CT molecular complexity index is 367. The fourth-order valence-corrected chi connectivity index (χ4v) is 3.60. The first-order valence-electron chi connectivity index (χ1n) is 8.13. The van der Waals surface area contributed by atoms with Crippen LogP contribution in [0.1, 0.15) is 33.1 Å². The van der Waals surface area contributed by atoms with Crippen molar-refractivity contribution in [1.82, 2.24) is 19.2 Å². The van der Waals surface area contributed by atoms with Gasteiger partial charge in [0, 0.05) is 20.1 Å². The molecule has 0 aromatic heterocycles. The van der Waals surface area contributed by atoms with Crippen molar-refractivity contribution < 1.29 is 8.42 Å². The van der Waals surface area contributed by atoms with Crippen LogP contribution in [0, 0.1) is 5.92 Å². The molecule has 1 rings (SSSR count). The fourth-order valence-electron chi connectivity index (χ4n) is 2.56. The second kappa shape index (κ2) is 9.74. The Kier molecular flexibility index (Phi) is 8.73. The van der Waals surface area contributed by atoms with Crippen LogP contribution in [0.5, 0.6) is 0 Å². The monoisotopic (exact) mass is 320 g/mol. The molecule has 0 amide bonds. The van der Waals surface area contributed by atoms with Crippen molar-refractivity contribution in [1.29, 1.82) is 0 Å². The standard InChI is InChI=1S/C14H32N4O2S/c1-4-15-9-6-10-17(3)21(19,20)16-13-14-7-11-18(5-2)12-8-14/h14-16H,4-13H2,1-3H3. The van der Waals surface area contributed by atoms with Gasteiger partial charge in [0.1, 0.15) is 0 Å². The maximum absolute atomic E-state index is 12.1. The number of nitrogens with one attached hydrogen (secondary N) is 2. The first kappa shape index (κ1) is 18.8. The highest BCUT2D eigenvalue weighted by atomic mass is 32.2. The second-order valence-corrected chi connectivity index (χ2v) is 7.62. The van der Waals surface area contributed by atoms with Crippen molar-refractivity contribution in [2.45, 2.75) is 33.1 Å². The maximum atomic E-state index is 12.1. The molecule has 7 heteroatoms. The van der Waals surface area contributed by atoms with Crippen molar-refractivity contribution in [2.75, 3.05) is 52.9 Å². The van der Waals surface area contributed by atoms with Crippen LogP contribution in [0.4, 0.5) is 0 Å². The number of piperidine rings is 1. The predicted molar refractivity (Wildman–Crippen MR) is 87.6 cm³/mol. The molecule has 6 nitrogen and oxygen atoms in total. The lowest BCUT2D eigenvalue weighted by Gasteiger charge is -2.31. The first-order valence-corrected chi connectivity index (χ1v) is 9.57. The second-order valence-electron chi connectivity index (χ2n) is 5.76. The van der Waals surface area contributed by atoms with E-state index in [1.165, 1.54) is 4.31 Å². The highest BCUT2D eigenvalue weighted by Crippen LogP contribution is 2.16. The summed E-state index contributed by atoms with van der Waals surface area (Å²) in [6.45, 7) is 10.4. The minimum absolute atomic E-state index is 0.470. The fraction of sp³-hybridized carbons (Fsp3) is 1.00. The number of nitrogens with zero attached hydrogens (tertiary/aromatic N) is 2. The summed E-state index contributed by atoms with van der Waals surface area (Å²) < 4.78 is 28.5. The zero-order valence-electron chi connectivity index (χ0n) is 13.8. The summed E-state index contributed by atoms with van der Waals surface area (Å²) >= 11 is 0. The van der Waals surface area contributed by atoms with E-state index in [2.05, 4.69) is 21.9 Å². The van der Waals surface area contributed by atoms with E-state index in [-0.39, 0.29) is 0 Å². The third-order valence-corrected chi connectivity index (χ3v) is 5.73. The van der Waals surface area contributed by atoms with Crippen LogP contribution in [-0.2, 0) is 10.2 Å². The van der Waals surface area contributed by atoms with Gasteiger partial charge >= 0.3 is 0 Å². The molecule has 1 heterocycles. The van der Waals surface area contributed by atoms with Crippen LogP contribution in [0.3, 0.4) is 0 Å². The topological polar surface area (TPSA) is 64.7 Å². The molecule has 0 aromatic carbocycles. The molecular formula is C14H32N4O2S. The smallest absolute Gasteiger partial charge is 0.279 e. The molecule has 0 spiro atoms. The van der Waals surface area contributed by atoms with Gasteiger partial charge in [-0.05, 0) is 57.9 Å². The Balaban J connectivity index is 2.25. The first-order chi connectivity index (χ1) is 9.99. The van der Waals surface area contributed by atoms with Crippen molar-refractivity contribution in [3.8, 4) is 0 Å². The van der Waals surface area contributed by atoms with E-state index in [9.17, 15) is 8.42 Å². The van der Waals surface area contributed by atoms with Gasteiger partial charge in [0.25, 0.3) is 10.2 Å². The molecular weight excluding hydrogens is 288 g/mol. The van der Waals surface area contributed by atoms with E-state index >= 15 is 0 Å². The van der Waals surface area contributed by atoms with Crippen LogP contribution in [0.15, 0.2) is 0 Å². The van der Waals surface area contributed by atoms with Gasteiger partial charge in [-0.25, -0.2) is 4.72 Å². The summed E-state index contributed by atoms with van der Waals surface area (Å²) in [5, 5.41) is 3.20. The summed E-state index contributed by atoms with van der Waals surface area (Å²) in [7, 11) is -1.68. The van der Waals surface area contributed by atoms with Crippen molar-refractivity contribution in [2.24, 2.45) is 5.92 Å². The van der Waals surface area contributed by atoms with Gasteiger partial charge in [-0.2, -0.15) is 12.7 Å². The highest BCUT2D eigenvalue weighted by molar-refractivity contribution is 7.87. The molecule has 2 N–H and O–H groups in total. The Hall–Kier alpha value is -0.210. The number of rotatable bonds is 10. The third kappa shape index (κ3) is 7.06. The summed E-state index contributed by atoms with van der Waals surface area (Å²) in [6.07, 6.45) is 3.00. The van der Waals surface area contributed by atoms with E-state index < -0.39 is 10.2 Å². The van der Waals surface area contributed by atoms with Gasteiger partial charge in [-0.1, -0.05) is 13.8 Å². The quantitative estimate of drug-likeness (QED) is 0.575. The number of hydrogen-bond acceptors (Lipinski definition) is 4. The highest BCUT2D eigenvalue weighted by Gasteiger charge is 2.22. The van der Waals surface area contributed by atoms with Crippen molar-refractivity contribution >= 4 is 10.2 Å². The van der Waals surface area contributed by atoms with E-state index in [0.29, 0.717) is 19.0 Å². The Morgan fingerprint density at radius 1 is 1.24 bits per heavy atom. The molecule has 0 atom stereocenters. The van der Waals surface area contributed by atoms with Crippen LogP contribution in [0.25, 0.3) is 0 Å².